The van der Waals surface area contributed by atoms with E-state index in [-0.39, 0.29) is 0 Å². The molecule has 1 aliphatic rings. The van der Waals surface area contributed by atoms with Crippen LogP contribution in [0.25, 0.3) is 0 Å². The Hall–Kier alpha value is -1.09. The average Bonchev–Trinajstić information content (AvgIpc) is 2.30. The number of pyridine rings is 1. The lowest BCUT2D eigenvalue weighted by Gasteiger charge is -2.22. The molecule has 0 saturated carbocycles. The van der Waals surface area contributed by atoms with Crippen molar-refractivity contribution in [2.24, 2.45) is 0 Å². The van der Waals surface area contributed by atoms with Crippen LogP contribution in [0, 0.1) is 0 Å². The van der Waals surface area contributed by atoms with E-state index in [9.17, 15) is 0 Å². The molecule has 1 N–H and O–H groups in total. The minimum atomic E-state index is 0.416. The van der Waals surface area contributed by atoms with Crippen LogP contribution in [0.15, 0.2) is 18.3 Å². The molecular weight excluding hydrogens is 176 g/mol. The molecule has 14 heavy (non-hydrogen) atoms. The van der Waals surface area contributed by atoms with Crippen LogP contribution in [0.5, 0.6) is 5.75 Å². The number of nitrogens with zero attached hydrogens (tertiary/aromatic N) is 1. The molecule has 1 atom stereocenters. The van der Waals surface area contributed by atoms with Crippen LogP contribution >= 0.6 is 0 Å². The zero-order chi connectivity index (χ0) is 9.80. The second-order valence-corrected chi connectivity index (χ2v) is 3.62. The number of ether oxygens (including phenoxy) is 1. The molecule has 1 fully saturated rings. The third-order valence-corrected chi connectivity index (χ3v) is 2.66. The van der Waals surface area contributed by atoms with Gasteiger partial charge in [-0.3, -0.25) is 4.98 Å². The van der Waals surface area contributed by atoms with Gasteiger partial charge in [0.25, 0.3) is 0 Å². The molecule has 1 saturated heterocycles. The quantitative estimate of drug-likeness (QED) is 0.777. The third kappa shape index (κ3) is 2.04. The SMILES string of the molecule is COc1ccnc([C@H]2CCCCN2)c1. The van der Waals surface area contributed by atoms with Gasteiger partial charge in [0.15, 0.2) is 0 Å². The molecular formula is C11H16N2O. The van der Waals surface area contributed by atoms with Crippen molar-refractivity contribution in [3.05, 3.63) is 24.0 Å². The predicted molar refractivity (Wildman–Crippen MR) is 55.4 cm³/mol. The Morgan fingerprint density at radius 2 is 2.43 bits per heavy atom. The normalized spacial score (nSPS) is 21.9. The summed E-state index contributed by atoms with van der Waals surface area (Å²) in [5.41, 5.74) is 1.10. The lowest BCUT2D eigenvalue weighted by Crippen LogP contribution is -2.27. The minimum absolute atomic E-state index is 0.416. The molecule has 0 aromatic carbocycles. The molecule has 3 nitrogen and oxygen atoms in total. The van der Waals surface area contributed by atoms with E-state index in [0.29, 0.717) is 6.04 Å². The maximum Gasteiger partial charge on any atom is 0.122 e. The summed E-state index contributed by atoms with van der Waals surface area (Å²) in [6.07, 6.45) is 5.56. The van der Waals surface area contributed by atoms with E-state index < -0.39 is 0 Å². The summed E-state index contributed by atoms with van der Waals surface area (Å²) in [6.45, 7) is 1.10. The summed E-state index contributed by atoms with van der Waals surface area (Å²) < 4.78 is 5.18. The van der Waals surface area contributed by atoms with E-state index in [1.807, 2.05) is 18.3 Å². The van der Waals surface area contributed by atoms with Crippen LogP contribution in [0.2, 0.25) is 0 Å². The number of piperidine rings is 1. The van der Waals surface area contributed by atoms with Gasteiger partial charge in [-0.15, -0.1) is 0 Å². The molecule has 2 heterocycles. The summed E-state index contributed by atoms with van der Waals surface area (Å²) >= 11 is 0. The molecule has 1 aliphatic heterocycles. The molecule has 3 heteroatoms. The van der Waals surface area contributed by atoms with Gasteiger partial charge >= 0.3 is 0 Å². The van der Waals surface area contributed by atoms with E-state index in [1.165, 1.54) is 19.3 Å². The summed E-state index contributed by atoms with van der Waals surface area (Å²) in [7, 11) is 1.69. The maximum atomic E-state index is 5.18. The third-order valence-electron chi connectivity index (χ3n) is 2.66. The first-order chi connectivity index (χ1) is 6.90. The van der Waals surface area contributed by atoms with Crippen LogP contribution in [-0.2, 0) is 0 Å². The van der Waals surface area contributed by atoms with E-state index >= 15 is 0 Å². The largest absolute Gasteiger partial charge is 0.497 e. The molecule has 0 radical (unpaired) electrons. The standard InChI is InChI=1S/C11H16N2O/c1-14-9-5-7-13-11(8-9)10-4-2-3-6-12-10/h5,7-8,10,12H,2-4,6H2,1H3/t10-/m1/s1. The van der Waals surface area contributed by atoms with E-state index in [1.54, 1.807) is 7.11 Å². The van der Waals surface area contributed by atoms with Gasteiger partial charge in [-0.05, 0) is 25.5 Å². The molecule has 0 amide bonds. The van der Waals surface area contributed by atoms with Crippen molar-refractivity contribution in [1.29, 1.82) is 0 Å². The van der Waals surface area contributed by atoms with Gasteiger partial charge in [0, 0.05) is 18.3 Å². The predicted octanol–water partition coefficient (Wildman–Crippen LogP) is 1.90. The highest BCUT2D eigenvalue weighted by atomic mass is 16.5. The van der Waals surface area contributed by atoms with E-state index in [4.69, 9.17) is 4.74 Å². The average molecular weight is 192 g/mol. The van der Waals surface area contributed by atoms with E-state index in [2.05, 4.69) is 10.3 Å². The van der Waals surface area contributed by atoms with Gasteiger partial charge in [0.2, 0.25) is 0 Å². The van der Waals surface area contributed by atoms with Crippen molar-refractivity contribution >= 4 is 0 Å². The summed E-state index contributed by atoms with van der Waals surface area (Å²) in [5, 5.41) is 3.47. The molecule has 0 unspecified atom stereocenters. The van der Waals surface area contributed by atoms with Crippen molar-refractivity contribution in [2.45, 2.75) is 25.3 Å². The fourth-order valence-corrected chi connectivity index (χ4v) is 1.85. The first kappa shape index (κ1) is 9.46. The topological polar surface area (TPSA) is 34.1 Å². The lowest BCUT2D eigenvalue weighted by atomic mass is 10.0. The van der Waals surface area contributed by atoms with Gasteiger partial charge in [0.05, 0.1) is 12.8 Å². The molecule has 76 valence electrons. The van der Waals surface area contributed by atoms with Crippen molar-refractivity contribution < 1.29 is 4.74 Å². The highest BCUT2D eigenvalue weighted by molar-refractivity contribution is 5.24. The Morgan fingerprint density at radius 1 is 1.50 bits per heavy atom. The molecule has 0 bridgehead atoms. The number of aromatic nitrogens is 1. The van der Waals surface area contributed by atoms with Crippen LogP contribution in [0.1, 0.15) is 31.0 Å². The van der Waals surface area contributed by atoms with Crippen LogP contribution in [0.3, 0.4) is 0 Å². The zero-order valence-corrected chi connectivity index (χ0v) is 8.49. The highest BCUT2D eigenvalue weighted by Crippen LogP contribution is 2.23. The zero-order valence-electron chi connectivity index (χ0n) is 8.49. The van der Waals surface area contributed by atoms with Crippen molar-refractivity contribution in [1.82, 2.24) is 10.3 Å². The maximum absolute atomic E-state index is 5.18. The Morgan fingerprint density at radius 3 is 3.14 bits per heavy atom. The minimum Gasteiger partial charge on any atom is -0.497 e. The highest BCUT2D eigenvalue weighted by Gasteiger charge is 2.15. The molecule has 0 aliphatic carbocycles. The first-order valence-corrected chi connectivity index (χ1v) is 5.13. The number of nitrogens with one attached hydrogen (secondary N) is 1. The Bertz CT molecular complexity index is 295. The molecule has 1 aromatic heterocycles. The summed E-state index contributed by atoms with van der Waals surface area (Å²) in [5.74, 6) is 0.891. The second kappa shape index (κ2) is 4.42. The van der Waals surface area contributed by atoms with Gasteiger partial charge < -0.3 is 10.1 Å². The van der Waals surface area contributed by atoms with Gasteiger partial charge in [0.1, 0.15) is 5.75 Å². The van der Waals surface area contributed by atoms with Crippen LogP contribution < -0.4 is 10.1 Å². The smallest absolute Gasteiger partial charge is 0.122 e. The van der Waals surface area contributed by atoms with Crippen molar-refractivity contribution in [2.75, 3.05) is 13.7 Å². The van der Waals surface area contributed by atoms with Gasteiger partial charge in [-0.25, -0.2) is 0 Å². The Balaban J connectivity index is 2.13. The summed E-state index contributed by atoms with van der Waals surface area (Å²) in [6, 6.07) is 4.31. The molecule has 2 rings (SSSR count). The first-order valence-electron chi connectivity index (χ1n) is 5.13. The van der Waals surface area contributed by atoms with Gasteiger partial charge in [-0.1, -0.05) is 6.42 Å². The van der Waals surface area contributed by atoms with Crippen LogP contribution in [0.4, 0.5) is 0 Å². The van der Waals surface area contributed by atoms with Gasteiger partial charge in [-0.2, -0.15) is 0 Å². The van der Waals surface area contributed by atoms with Crippen molar-refractivity contribution in [3.63, 3.8) is 0 Å². The number of rotatable bonds is 2. The Kier molecular flexibility index (Phi) is 2.99. The van der Waals surface area contributed by atoms with Crippen molar-refractivity contribution in [3.8, 4) is 5.75 Å². The fourth-order valence-electron chi connectivity index (χ4n) is 1.85. The lowest BCUT2D eigenvalue weighted by molar-refractivity contribution is 0.394. The summed E-state index contributed by atoms with van der Waals surface area (Å²) in [4.78, 5) is 4.37. The Labute approximate surface area is 84.5 Å². The second-order valence-electron chi connectivity index (χ2n) is 3.62. The monoisotopic (exact) mass is 192 g/mol. The molecule has 1 aromatic rings. The molecule has 0 spiro atoms. The number of methoxy groups -OCH3 is 1. The number of hydrogen-bond donors (Lipinski definition) is 1. The fraction of sp³-hybridized carbons (Fsp3) is 0.545. The number of hydrogen-bond acceptors (Lipinski definition) is 3. The van der Waals surface area contributed by atoms with E-state index in [0.717, 1.165) is 18.0 Å². The van der Waals surface area contributed by atoms with Crippen LogP contribution in [-0.4, -0.2) is 18.6 Å².